The van der Waals surface area contributed by atoms with Crippen molar-refractivity contribution in [1.29, 1.82) is 0 Å². The Bertz CT molecular complexity index is 584. The van der Waals surface area contributed by atoms with Crippen LogP contribution in [-0.4, -0.2) is 38.3 Å². The maximum Gasteiger partial charge on any atom is 0.304 e. The van der Waals surface area contributed by atoms with E-state index in [9.17, 15) is 4.79 Å². The van der Waals surface area contributed by atoms with Crippen molar-refractivity contribution in [2.24, 2.45) is 0 Å². The summed E-state index contributed by atoms with van der Waals surface area (Å²) in [6.07, 6.45) is 1.60. The molecule has 1 N–H and O–H groups in total. The van der Waals surface area contributed by atoms with Gasteiger partial charge in [0.15, 0.2) is 5.76 Å². The van der Waals surface area contributed by atoms with Gasteiger partial charge < -0.3 is 13.9 Å². The number of carboxylic acid groups (broad SMARTS) is 1. The van der Waals surface area contributed by atoms with Gasteiger partial charge in [-0.1, -0.05) is 0 Å². The van der Waals surface area contributed by atoms with Crippen molar-refractivity contribution in [3.05, 3.63) is 24.3 Å². The summed E-state index contributed by atoms with van der Waals surface area (Å²) in [5.41, 5.74) is -0.200. The van der Waals surface area contributed by atoms with Crippen molar-refractivity contribution in [3.8, 4) is 11.7 Å². The van der Waals surface area contributed by atoms with E-state index in [4.69, 9.17) is 13.9 Å². The fourth-order valence-electron chi connectivity index (χ4n) is 1.86. The molecule has 7 heteroatoms. The summed E-state index contributed by atoms with van der Waals surface area (Å²) >= 11 is 0. The van der Waals surface area contributed by atoms with Crippen LogP contribution in [-0.2, 0) is 11.3 Å². The number of hydrogen-bond acceptors (Lipinski definition) is 6. The third-order valence-electron chi connectivity index (χ3n) is 3.07. The van der Waals surface area contributed by atoms with Crippen molar-refractivity contribution in [2.45, 2.75) is 39.3 Å². The van der Waals surface area contributed by atoms with Gasteiger partial charge in [0.25, 0.3) is 5.89 Å². The van der Waals surface area contributed by atoms with Crippen LogP contribution in [0.4, 0.5) is 0 Å². The first-order valence-corrected chi connectivity index (χ1v) is 6.69. The van der Waals surface area contributed by atoms with Gasteiger partial charge in [-0.15, -0.1) is 10.2 Å². The van der Waals surface area contributed by atoms with Crippen LogP contribution in [0.1, 0.15) is 33.1 Å². The second kappa shape index (κ2) is 6.09. The minimum absolute atomic E-state index is 0.0659. The number of carbonyl (C=O) groups is 1. The van der Waals surface area contributed by atoms with Crippen molar-refractivity contribution in [2.75, 3.05) is 6.54 Å². The molecule has 0 bridgehead atoms. The Kier molecular flexibility index (Phi) is 4.42. The lowest BCUT2D eigenvalue weighted by Gasteiger charge is -2.34. The van der Waals surface area contributed by atoms with Gasteiger partial charge in [-0.2, -0.15) is 0 Å². The van der Waals surface area contributed by atoms with Gasteiger partial charge in [0, 0.05) is 12.1 Å². The summed E-state index contributed by atoms with van der Waals surface area (Å²) in [4.78, 5) is 12.7. The van der Waals surface area contributed by atoms with E-state index in [1.165, 1.54) is 6.26 Å². The van der Waals surface area contributed by atoms with Crippen LogP contribution in [0.15, 0.2) is 27.2 Å². The molecular formula is C14H19N3O4. The van der Waals surface area contributed by atoms with Gasteiger partial charge in [-0.05, 0) is 32.9 Å². The molecule has 0 aromatic carbocycles. The lowest BCUT2D eigenvalue weighted by molar-refractivity contribution is -0.137. The third-order valence-corrected chi connectivity index (χ3v) is 3.07. The van der Waals surface area contributed by atoms with Crippen LogP contribution >= 0.6 is 0 Å². The van der Waals surface area contributed by atoms with Crippen LogP contribution in [0.2, 0.25) is 0 Å². The largest absolute Gasteiger partial charge is 0.481 e. The predicted octanol–water partition coefficient (Wildman–Crippen LogP) is 2.40. The zero-order chi connectivity index (χ0) is 15.5. The van der Waals surface area contributed by atoms with E-state index in [1.807, 2.05) is 25.7 Å². The summed E-state index contributed by atoms with van der Waals surface area (Å²) in [6.45, 7) is 6.85. The number of nitrogens with zero attached hydrogens (tertiary/aromatic N) is 3. The van der Waals surface area contributed by atoms with Crippen molar-refractivity contribution in [3.63, 3.8) is 0 Å². The molecule has 0 amide bonds. The second-order valence-corrected chi connectivity index (χ2v) is 5.71. The van der Waals surface area contributed by atoms with E-state index in [2.05, 4.69) is 10.2 Å². The molecule has 0 saturated heterocycles. The molecule has 114 valence electrons. The first-order chi connectivity index (χ1) is 9.86. The lowest BCUT2D eigenvalue weighted by Crippen LogP contribution is -2.42. The zero-order valence-corrected chi connectivity index (χ0v) is 12.4. The highest BCUT2D eigenvalue weighted by Gasteiger charge is 2.24. The Morgan fingerprint density at radius 1 is 1.38 bits per heavy atom. The minimum Gasteiger partial charge on any atom is -0.481 e. The smallest absolute Gasteiger partial charge is 0.304 e. The van der Waals surface area contributed by atoms with Crippen LogP contribution in [0.3, 0.4) is 0 Å². The maximum absolute atomic E-state index is 10.8. The monoisotopic (exact) mass is 293 g/mol. The van der Waals surface area contributed by atoms with Crippen molar-refractivity contribution >= 4 is 5.97 Å². The molecule has 0 atom stereocenters. The molecule has 21 heavy (non-hydrogen) atoms. The first-order valence-electron chi connectivity index (χ1n) is 6.69. The highest BCUT2D eigenvalue weighted by atomic mass is 16.4. The van der Waals surface area contributed by atoms with Gasteiger partial charge in [-0.25, -0.2) is 0 Å². The summed E-state index contributed by atoms with van der Waals surface area (Å²) in [5, 5.41) is 16.8. The molecule has 0 aliphatic rings. The number of carboxylic acids is 1. The molecule has 2 rings (SSSR count). The van der Waals surface area contributed by atoms with Crippen LogP contribution in [0, 0.1) is 0 Å². The highest BCUT2D eigenvalue weighted by Crippen LogP contribution is 2.21. The van der Waals surface area contributed by atoms with E-state index in [0.29, 0.717) is 30.6 Å². The van der Waals surface area contributed by atoms with Crippen molar-refractivity contribution in [1.82, 2.24) is 15.1 Å². The molecule has 0 spiro atoms. The SMILES string of the molecule is CC(C)(C)N(CCC(=O)O)Cc1nnc(-c2ccco2)o1. The molecule has 0 saturated carbocycles. The normalized spacial score (nSPS) is 12.0. The van der Waals surface area contributed by atoms with Crippen molar-refractivity contribution < 1.29 is 18.7 Å². The average Bonchev–Trinajstić information content (AvgIpc) is 3.03. The minimum atomic E-state index is -0.828. The van der Waals surface area contributed by atoms with Gasteiger partial charge in [-0.3, -0.25) is 9.69 Å². The quantitative estimate of drug-likeness (QED) is 0.874. The average molecular weight is 293 g/mol. The van der Waals surface area contributed by atoms with Crippen LogP contribution in [0.25, 0.3) is 11.7 Å². The van der Waals surface area contributed by atoms with Gasteiger partial charge in [0.1, 0.15) is 0 Å². The number of aromatic nitrogens is 2. The summed E-state index contributed by atoms with van der Waals surface area (Å²) < 4.78 is 10.8. The zero-order valence-electron chi connectivity index (χ0n) is 12.4. The number of furan rings is 1. The molecule has 0 unspecified atom stereocenters. The Morgan fingerprint density at radius 3 is 2.71 bits per heavy atom. The fraction of sp³-hybridized carbons (Fsp3) is 0.500. The van der Waals surface area contributed by atoms with E-state index in [1.54, 1.807) is 12.1 Å². The molecule has 0 aliphatic heterocycles. The summed E-state index contributed by atoms with van der Waals surface area (Å²) in [7, 11) is 0. The summed E-state index contributed by atoms with van der Waals surface area (Å²) in [6, 6.07) is 3.48. The molecule has 0 aliphatic carbocycles. The maximum atomic E-state index is 10.8. The first kappa shape index (κ1) is 15.2. The standard InChI is InChI=1S/C14H19N3O4/c1-14(2,3)17(7-6-12(18)19)9-11-15-16-13(21-11)10-5-4-8-20-10/h4-5,8H,6-7,9H2,1-3H3,(H,18,19). The van der Waals surface area contributed by atoms with Gasteiger partial charge in [0.05, 0.1) is 19.2 Å². The van der Waals surface area contributed by atoms with Gasteiger partial charge >= 0.3 is 5.97 Å². The van der Waals surface area contributed by atoms with E-state index in [-0.39, 0.29) is 12.0 Å². The van der Waals surface area contributed by atoms with E-state index < -0.39 is 5.97 Å². The van der Waals surface area contributed by atoms with Crippen LogP contribution in [0.5, 0.6) is 0 Å². The molecule has 0 radical (unpaired) electrons. The Balaban J connectivity index is 2.08. The molecular weight excluding hydrogens is 274 g/mol. The summed E-state index contributed by atoms with van der Waals surface area (Å²) in [5.74, 6) is 0.441. The van der Waals surface area contributed by atoms with Gasteiger partial charge in [0.2, 0.25) is 5.89 Å². The molecule has 0 fully saturated rings. The number of hydrogen-bond donors (Lipinski definition) is 1. The molecule has 2 heterocycles. The predicted molar refractivity (Wildman–Crippen MR) is 74.4 cm³/mol. The molecule has 7 nitrogen and oxygen atoms in total. The molecule has 2 aromatic heterocycles. The second-order valence-electron chi connectivity index (χ2n) is 5.71. The number of aliphatic carboxylic acids is 1. The van der Waals surface area contributed by atoms with Crippen LogP contribution < -0.4 is 0 Å². The van der Waals surface area contributed by atoms with E-state index >= 15 is 0 Å². The Labute approximate surface area is 122 Å². The Morgan fingerprint density at radius 2 is 2.14 bits per heavy atom. The number of rotatable bonds is 6. The topological polar surface area (TPSA) is 92.6 Å². The molecule has 2 aromatic rings. The lowest BCUT2D eigenvalue weighted by atomic mass is 10.1. The fourth-order valence-corrected chi connectivity index (χ4v) is 1.86. The Hall–Kier alpha value is -2.15. The highest BCUT2D eigenvalue weighted by molar-refractivity contribution is 5.66. The van der Waals surface area contributed by atoms with E-state index in [0.717, 1.165) is 0 Å². The third kappa shape index (κ3) is 4.16.